The van der Waals surface area contributed by atoms with E-state index in [0.29, 0.717) is 5.41 Å². The van der Waals surface area contributed by atoms with E-state index in [0.717, 1.165) is 12.3 Å². The molecule has 1 rings (SSSR count). The fourth-order valence-corrected chi connectivity index (χ4v) is 2.47. The van der Waals surface area contributed by atoms with Crippen molar-refractivity contribution in [2.75, 3.05) is 0 Å². The van der Waals surface area contributed by atoms with E-state index in [4.69, 9.17) is 5.73 Å². The highest BCUT2D eigenvalue weighted by atomic mass is 14.7. The average Bonchev–Trinajstić information content (AvgIpc) is 2.09. The first-order valence-electron chi connectivity index (χ1n) is 6.13. The summed E-state index contributed by atoms with van der Waals surface area (Å²) < 4.78 is 0. The van der Waals surface area contributed by atoms with Gasteiger partial charge in [0.05, 0.1) is 0 Å². The zero-order valence-electron chi connectivity index (χ0n) is 10.4. The van der Waals surface area contributed by atoms with E-state index in [2.05, 4.69) is 27.7 Å². The summed E-state index contributed by atoms with van der Waals surface area (Å²) in [5.74, 6) is 0.887. The zero-order valence-corrected chi connectivity index (χ0v) is 10.4. The first kappa shape index (κ1) is 12.0. The third-order valence-corrected chi connectivity index (χ3v) is 4.02. The minimum absolute atomic E-state index is 0.0755. The largest absolute Gasteiger partial charge is 0.325 e. The summed E-state index contributed by atoms with van der Waals surface area (Å²) in [6, 6.07) is 0. The summed E-state index contributed by atoms with van der Waals surface area (Å²) in [6.07, 6.45) is 7.88. The minimum atomic E-state index is 0.0755. The van der Waals surface area contributed by atoms with E-state index in [-0.39, 0.29) is 5.54 Å². The standard InChI is InChI=1S/C13H27N/c1-5-13(4,14)10-11-6-8-12(2,3)9-7-11/h11H,5-10,14H2,1-4H3. The van der Waals surface area contributed by atoms with Crippen molar-refractivity contribution in [3.05, 3.63) is 0 Å². The Hall–Kier alpha value is -0.0400. The van der Waals surface area contributed by atoms with E-state index in [9.17, 15) is 0 Å². The lowest BCUT2D eigenvalue weighted by Gasteiger charge is -2.37. The van der Waals surface area contributed by atoms with Gasteiger partial charge in [-0.25, -0.2) is 0 Å². The smallest absolute Gasteiger partial charge is 0.0125 e. The third kappa shape index (κ3) is 3.61. The molecule has 1 aliphatic carbocycles. The van der Waals surface area contributed by atoms with E-state index >= 15 is 0 Å². The van der Waals surface area contributed by atoms with Crippen molar-refractivity contribution in [1.29, 1.82) is 0 Å². The molecule has 0 aromatic rings. The Morgan fingerprint density at radius 2 is 1.79 bits per heavy atom. The average molecular weight is 197 g/mol. The molecule has 1 heteroatoms. The summed E-state index contributed by atoms with van der Waals surface area (Å²) in [5, 5.41) is 0. The molecule has 1 nitrogen and oxygen atoms in total. The van der Waals surface area contributed by atoms with Crippen LogP contribution in [0.5, 0.6) is 0 Å². The van der Waals surface area contributed by atoms with Gasteiger partial charge in [0.25, 0.3) is 0 Å². The highest BCUT2D eigenvalue weighted by molar-refractivity contribution is 4.85. The van der Waals surface area contributed by atoms with Crippen LogP contribution in [0.4, 0.5) is 0 Å². The van der Waals surface area contributed by atoms with Gasteiger partial charge in [-0.3, -0.25) is 0 Å². The molecule has 1 aliphatic rings. The van der Waals surface area contributed by atoms with Crippen LogP contribution in [0.25, 0.3) is 0 Å². The molecule has 0 aromatic heterocycles. The number of hydrogen-bond donors (Lipinski definition) is 1. The van der Waals surface area contributed by atoms with Gasteiger partial charge in [0, 0.05) is 5.54 Å². The fraction of sp³-hybridized carbons (Fsp3) is 1.00. The normalized spacial score (nSPS) is 27.2. The molecule has 14 heavy (non-hydrogen) atoms. The molecule has 0 amide bonds. The van der Waals surface area contributed by atoms with Gasteiger partial charge >= 0.3 is 0 Å². The number of rotatable bonds is 3. The van der Waals surface area contributed by atoms with Gasteiger partial charge in [-0.15, -0.1) is 0 Å². The topological polar surface area (TPSA) is 26.0 Å². The molecule has 1 saturated carbocycles. The van der Waals surface area contributed by atoms with E-state index in [1.165, 1.54) is 32.1 Å². The molecule has 0 heterocycles. The van der Waals surface area contributed by atoms with Gasteiger partial charge in [-0.2, -0.15) is 0 Å². The fourth-order valence-electron chi connectivity index (χ4n) is 2.47. The van der Waals surface area contributed by atoms with Crippen LogP contribution in [0.1, 0.15) is 66.2 Å². The van der Waals surface area contributed by atoms with Crippen molar-refractivity contribution in [3.8, 4) is 0 Å². The Labute approximate surface area is 89.5 Å². The lowest BCUT2D eigenvalue weighted by Crippen LogP contribution is -2.38. The highest BCUT2D eigenvalue weighted by Crippen LogP contribution is 2.40. The maximum Gasteiger partial charge on any atom is 0.0125 e. The Bertz CT molecular complexity index is 172. The Morgan fingerprint density at radius 1 is 1.29 bits per heavy atom. The molecule has 0 spiro atoms. The second-order valence-electron chi connectivity index (χ2n) is 6.32. The molecule has 0 aliphatic heterocycles. The quantitative estimate of drug-likeness (QED) is 0.733. The van der Waals surface area contributed by atoms with Crippen LogP contribution in [0.2, 0.25) is 0 Å². The molecule has 0 bridgehead atoms. The van der Waals surface area contributed by atoms with Gasteiger partial charge in [-0.05, 0) is 56.8 Å². The molecular weight excluding hydrogens is 170 g/mol. The maximum atomic E-state index is 6.21. The summed E-state index contributed by atoms with van der Waals surface area (Å²) in [7, 11) is 0. The third-order valence-electron chi connectivity index (χ3n) is 4.02. The Kier molecular flexibility index (Phi) is 3.63. The van der Waals surface area contributed by atoms with Crippen LogP contribution < -0.4 is 5.73 Å². The van der Waals surface area contributed by atoms with Crippen molar-refractivity contribution < 1.29 is 0 Å². The monoisotopic (exact) mass is 197 g/mol. The number of nitrogens with two attached hydrogens (primary N) is 1. The van der Waals surface area contributed by atoms with Crippen molar-refractivity contribution in [2.45, 2.75) is 71.8 Å². The van der Waals surface area contributed by atoms with E-state index in [1.807, 2.05) is 0 Å². The summed E-state index contributed by atoms with van der Waals surface area (Å²) in [6.45, 7) is 9.19. The van der Waals surface area contributed by atoms with Crippen molar-refractivity contribution in [3.63, 3.8) is 0 Å². The summed E-state index contributed by atoms with van der Waals surface area (Å²) in [5.41, 5.74) is 6.88. The van der Waals surface area contributed by atoms with Gasteiger partial charge in [0.15, 0.2) is 0 Å². The predicted molar refractivity (Wildman–Crippen MR) is 63.2 cm³/mol. The molecular formula is C13H27N. The Morgan fingerprint density at radius 3 is 2.21 bits per heavy atom. The van der Waals surface area contributed by atoms with E-state index < -0.39 is 0 Å². The van der Waals surface area contributed by atoms with Gasteiger partial charge in [0.2, 0.25) is 0 Å². The van der Waals surface area contributed by atoms with Crippen LogP contribution in [-0.2, 0) is 0 Å². The second-order valence-corrected chi connectivity index (χ2v) is 6.32. The lowest BCUT2D eigenvalue weighted by atomic mass is 9.70. The van der Waals surface area contributed by atoms with Crippen LogP contribution in [-0.4, -0.2) is 5.54 Å². The van der Waals surface area contributed by atoms with Crippen LogP contribution in [0, 0.1) is 11.3 Å². The molecule has 84 valence electrons. The van der Waals surface area contributed by atoms with Crippen molar-refractivity contribution >= 4 is 0 Å². The molecule has 2 N–H and O–H groups in total. The molecule has 1 fully saturated rings. The zero-order chi connectivity index (χ0) is 10.8. The number of hydrogen-bond acceptors (Lipinski definition) is 1. The van der Waals surface area contributed by atoms with Gasteiger partial charge in [-0.1, -0.05) is 20.8 Å². The van der Waals surface area contributed by atoms with Gasteiger partial charge in [0.1, 0.15) is 0 Å². The predicted octanol–water partition coefficient (Wildman–Crippen LogP) is 3.72. The van der Waals surface area contributed by atoms with Crippen LogP contribution in [0.15, 0.2) is 0 Å². The minimum Gasteiger partial charge on any atom is -0.325 e. The van der Waals surface area contributed by atoms with Gasteiger partial charge < -0.3 is 5.73 Å². The lowest BCUT2D eigenvalue weighted by molar-refractivity contribution is 0.164. The summed E-state index contributed by atoms with van der Waals surface area (Å²) in [4.78, 5) is 0. The molecule has 0 aromatic carbocycles. The first-order chi connectivity index (χ1) is 6.35. The van der Waals surface area contributed by atoms with E-state index in [1.54, 1.807) is 0 Å². The first-order valence-corrected chi connectivity index (χ1v) is 6.13. The summed E-state index contributed by atoms with van der Waals surface area (Å²) >= 11 is 0. The second kappa shape index (κ2) is 4.22. The molecule has 1 atom stereocenters. The Balaban J connectivity index is 2.36. The SMILES string of the molecule is CCC(C)(N)CC1CCC(C)(C)CC1. The molecule has 1 unspecified atom stereocenters. The highest BCUT2D eigenvalue weighted by Gasteiger charge is 2.30. The van der Waals surface area contributed by atoms with Crippen LogP contribution in [0.3, 0.4) is 0 Å². The molecule has 0 saturated heterocycles. The van der Waals surface area contributed by atoms with Crippen molar-refractivity contribution in [2.24, 2.45) is 17.1 Å². The molecule has 0 radical (unpaired) electrons. The van der Waals surface area contributed by atoms with Crippen molar-refractivity contribution in [1.82, 2.24) is 0 Å². The maximum absolute atomic E-state index is 6.21. The van der Waals surface area contributed by atoms with Crippen LogP contribution >= 0.6 is 0 Å².